The second kappa shape index (κ2) is 10.0. The van der Waals surface area contributed by atoms with Crippen molar-refractivity contribution < 1.29 is 0 Å². The van der Waals surface area contributed by atoms with E-state index in [0.717, 1.165) is 42.6 Å². The second-order valence-corrected chi connectivity index (χ2v) is 8.89. The molecule has 1 aliphatic carbocycles. The number of rotatable bonds is 9. The van der Waals surface area contributed by atoms with Gasteiger partial charge < -0.3 is 21.7 Å². The van der Waals surface area contributed by atoms with Crippen molar-refractivity contribution >= 4 is 29.2 Å². The van der Waals surface area contributed by atoms with E-state index in [9.17, 15) is 0 Å². The van der Waals surface area contributed by atoms with E-state index in [4.69, 9.17) is 10.7 Å². The molecular weight excluding hydrogens is 412 g/mol. The highest BCUT2D eigenvalue weighted by molar-refractivity contribution is 5.74. The Morgan fingerprint density at radius 1 is 1.12 bits per heavy atom. The van der Waals surface area contributed by atoms with Crippen molar-refractivity contribution in [2.75, 3.05) is 30.3 Å². The van der Waals surface area contributed by atoms with Gasteiger partial charge in [-0.25, -0.2) is 4.98 Å². The van der Waals surface area contributed by atoms with Gasteiger partial charge in [-0.3, -0.25) is 4.99 Å². The molecule has 33 heavy (non-hydrogen) atoms. The molecule has 0 unspecified atom stereocenters. The van der Waals surface area contributed by atoms with Crippen LogP contribution in [0.3, 0.4) is 0 Å². The van der Waals surface area contributed by atoms with E-state index in [1.165, 1.54) is 43.0 Å². The maximum atomic E-state index is 5.34. The third kappa shape index (κ3) is 5.34. The number of anilines is 2. The molecule has 1 aromatic carbocycles. The van der Waals surface area contributed by atoms with Crippen LogP contribution in [-0.4, -0.2) is 40.4 Å². The Balaban J connectivity index is 1.32. The summed E-state index contributed by atoms with van der Waals surface area (Å²) >= 11 is 0. The molecule has 0 atom stereocenters. The summed E-state index contributed by atoms with van der Waals surface area (Å²) in [5.74, 6) is 3.17. The van der Waals surface area contributed by atoms with Crippen molar-refractivity contribution in [3.8, 4) is 0 Å². The summed E-state index contributed by atoms with van der Waals surface area (Å²) in [4.78, 5) is 9.29. The molecule has 0 amide bonds. The van der Waals surface area contributed by atoms with Crippen LogP contribution in [0.1, 0.15) is 42.7 Å². The Bertz CT molecular complexity index is 1120. The topological polar surface area (TPSA) is 105 Å². The molecule has 2 fully saturated rings. The highest BCUT2D eigenvalue weighted by atomic mass is 15.3. The monoisotopic (exact) mass is 444 g/mol. The molecule has 0 bridgehead atoms. The van der Waals surface area contributed by atoms with Crippen LogP contribution in [-0.2, 0) is 6.54 Å². The van der Waals surface area contributed by atoms with Gasteiger partial charge >= 0.3 is 0 Å². The van der Waals surface area contributed by atoms with E-state index < -0.39 is 0 Å². The van der Waals surface area contributed by atoms with Gasteiger partial charge in [-0.2, -0.15) is 9.61 Å². The summed E-state index contributed by atoms with van der Waals surface area (Å²) in [6.45, 7) is 3.86. The molecule has 172 valence electrons. The predicted molar refractivity (Wildman–Crippen MR) is 134 cm³/mol. The zero-order chi connectivity index (χ0) is 22.5. The lowest BCUT2D eigenvalue weighted by Gasteiger charge is -2.23. The lowest BCUT2D eigenvalue weighted by atomic mass is 9.98. The first-order chi connectivity index (χ1) is 16.3. The van der Waals surface area contributed by atoms with Crippen molar-refractivity contribution in [2.45, 2.75) is 38.1 Å². The quantitative estimate of drug-likeness (QED) is 0.374. The summed E-state index contributed by atoms with van der Waals surface area (Å²) < 4.78 is 1.95. The lowest BCUT2D eigenvalue weighted by molar-refractivity contribution is 0.389. The number of hydrogen-bond acceptors (Lipinski definition) is 7. The molecular formula is C25H32N8. The molecule has 1 saturated carbocycles. The van der Waals surface area contributed by atoms with E-state index >= 15 is 0 Å². The minimum Gasteiger partial charge on any atom is -0.405 e. The van der Waals surface area contributed by atoms with Crippen molar-refractivity contribution in [1.29, 1.82) is 0 Å². The number of allylic oxidation sites excluding steroid dienone is 1. The molecule has 8 heteroatoms. The molecule has 5 N–H and O–H groups in total. The molecule has 2 aliphatic rings. The smallest absolute Gasteiger partial charge is 0.163 e. The Kier molecular flexibility index (Phi) is 6.53. The third-order valence-corrected chi connectivity index (χ3v) is 6.38. The van der Waals surface area contributed by atoms with Crippen molar-refractivity contribution in [3.63, 3.8) is 0 Å². The van der Waals surface area contributed by atoms with Gasteiger partial charge in [0.15, 0.2) is 5.65 Å². The van der Waals surface area contributed by atoms with Crippen LogP contribution in [0.4, 0.5) is 17.3 Å². The maximum Gasteiger partial charge on any atom is 0.163 e. The number of aromatic nitrogens is 3. The van der Waals surface area contributed by atoms with Gasteiger partial charge in [0.05, 0.1) is 11.9 Å². The first-order valence-electron chi connectivity index (χ1n) is 11.9. The number of fused-ring (bicyclic) bond motifs is 1. The van der Waals surface area contributed by atoms with Gasteiger partial charge in [-0.1, -0.05) is 12.1 Å². The van der Waals surface area contributed by atoms with Crippen LogP contribution >= 0.6 is 0 Å². The fraction of sp³-hybridized carbons (Fsp3) is 0.400. The molecule has 3 heterocycles. The minimum absolute atomic E-state index is 0.602. The van der Waals surface area contributed by atoms with Crippen LogP contribution in [0.5, 0.6) is 0 Å². The number of aliphatic imine (C=N–C) groups is 1. The normalized spacial score (nSPS) is 17.3. The Labute approximate surface area is 194 Å². The van der Waals surface area contributed by atoms with Crippen LogP contribution in [0.15, 0.2) is 53.8 Å². The maximum absolute atomic E-state index is 5.34. The van der Waals surface area contributed by atoms with Crippen molar-refractivity contribution in [1.82, 2.24) is 19.9 Å². The molecule has 0 spiro atoms. The largest absolute Gasteiger partial charge is 0.405 e. The molecule has 2 aromatic heterocycles. The lowest BCUT2D eigenvalue weighted by Crippen LogP contribution is -2.31. The number of piperidine rings is 1. The van der Waals surface area contributed by atoms with Gasteiger partial charge in [0.1, 0.15) is 11.6 Å². The zero-order valence-corrected chi connectivity index (χ0v) is 18.9. The van der Waals surface area contributed by atoms with Crippen molar-refractivity contribution in [3.05, 3.63) is 59.9 Å². The Morgan fingerprint density at radius 3 is 2.70 bits per heavy atom. The van der Waals surface area contributed by atoms with Crippen LogP contribution in [0.2, 0.25) is 0 Å². The molecule has 0 radical (unpaired) electrons. The van der Waals surface area contributed by atoms with Crippen LogP contribution in [0.25, 0.3) is 5.65 Å². The average Bonchev–Trinajstić information content (AvgIpc) is 3.61. The third-order valence-electron chi connectivity index (χ3n) is 6.38. The van der Waals surface area contributed by atoms with E-state index in [2.05, 4.69) is 44.2 Å². The number of nitrogens with two attached hydrogens (primary N) is 1. The average molecular weight is 445 g/mol. The number of hydrogen-bond donors (Lipinski definition) is 4. The first kappa shape index (κ1) is 21.5. The fourth-order valence-electron chi connectivity index (χ4n) is 4.28. The number of nitrogens with one attached hydrogen (secondary N) is 3. The number of benzene rings is 1. The van der Waals surface area contributed by atoms with Crippen LogP contribution in [0, 0.1) is 5.92 Å². The standard InChI is InChI=1S/C25H32N8/c26-10-1-11-28-21-6-2-18(3-7-21)16-30-24-14-23(29-15-19-8-12-27-13-9-19)32-25-22(20-4-5-20)17-31-33(24)25/h1-3,6-7,10-11,14,17,19-20,27,30H,4-5,8-9,12-13,15-16,26H2,(H,29,32)/b10-1-,28-11?. The second-order valence-electron chi connectivity index (χ2n) is 8.89. The van der Waals surface area contributed by atoms with Gasteiger partial charge in [-0.05, 0) is 80.6 Å². The summed E-state index contributed by atoms with van der Waals surface area (Å²) in [7, 11) is 0. The van der Waals surface area contributed by atoms with Gasteiger partial charge in [-0.15, -0.1) is 0 Å². The van der Waals surface area contributed by atoms with Crippen LogP contribution < -0.4 is 21.7 Å². The van der Waals surface area contributed by atoms with E-state index in [1.807, 2.05) is 22.8 Å². The fourth-order valence-corrected chi connectivity index (χ4v) is 4.28. The molecule has 5 rings (SSSR count). The Hall–Kier alpha value is -3.39. The van der Waals surface area contributed by atoms with Gasteiger partial charge in [0.2, 0.25) is 0 Å². The van der Waals surface area contributed by atoms with E-state index in [0.29, 0.717) is 18.4 Å². The summed E-state index contributed by atoms with van der Waals surface area (Å²) in [5.41, 5.74) is 9.64. The predicted octanol–water partition coefficient (Wildman–Crippen LogP) is 3.81. The number of nitrogens with zero attached hydrogens (tertiary/aromatic N) is 4. The molecule has 3 aromatic rings. The molecule has 1 saturated heterocycles. The van der Waals surface area contributed by atoms with Gasteiger partial charge in [0.25, 0.3) is 0 Å². The highest BCUT2D eigenvalue weighted by Crippen LogP contribution is 2.42. The van der Waals surface area contributed by atoms with E-state index in [-0.39, 0.29) is 0 Å². The zero-order valence-electron chi connectivity index (χ0n) is 18.9. The summed E-state index contributed by atoms with van der Waals surface area (Å²) in [6.07, 6.45) is 11.7. The van der Waals surface area contributed by atoms with Crippen molar-refractivity contribution in [2.24, 2.45) is 16.6 Å². The molecule has 1 aliphatic heterocycles. The molecule has 8 nitrogen and oxygen atoms in total. The van der Waals surface area contributed by atoms with Gasteiger partial charge in [0, 0.05) is 30.9 Å². The minimum atomic E-state index is 0.602. The highest BCUT2D eigenvalue weighted by Gasteiger charge is 2.28. The summed E-state index contributed by atoms with van der Waals surface area (Å²) in [5, 5.41) is 15.3. The SMILES string of the molecule is N/C=C\C=Nc1ccc(CNc2cc(NCC3CCNCC3)nc3c(C4CC4)cnn23)cc1. The summed E-state index contributed by atoms with van der Waals surface area (Å²) in [6, 6.07) is 10.3. The first-order valence-corrected chi connectivity index (χ1v) is 11.9. The van der Waals surface area contributed by atoms with E-state index in [1.54, 1.807) is 12.3 Å². The Morgan fingerprint density at radius 2 is 1.94 bits per heavy atom.